The number of benzene rings is 2. The van der Waals surface area contributed by atoms with Crippen LogP contribution in [0.2, 0.25) is 10.0 Å². The first-order valence-electron chi connectivity index (χ1n) is 10.3. The summed E-state index contributed by atoms with van der Waals surface area (Å²) in [7, 11) is 0. The van der Waals surface area contributed by atoms with Gasteiger partial charge in [-0.2, -0.15) is 0 Å². The Morgan fingerprint density at radius 1 is 1.12 bits per heavy atom. The summed E-state index contributed by atoms with van der Waals surface area (Å²) < 4.78 is 3.66. The highest BCUT2D eigenvalue weighted by molar-refractivity contribution is 6.35. The molecular formula is C23H20Cl2N6O. The van der Waals surface area contributed by atoms with Crippen molar-refractivity contribution in [3.63, 3.8) is 0 Å². The molecule has 1 aliphatic heterocycles. The molecule has 2 aromatic carbocycles. The smallest absolute Gasteiger partial charge is 0.291 e. The molecule has 5 rings (SSSR count). The summed E-state index contributed by atoms with van der Waals surface area (Å²) in [6, 6.07) is 13.3. The van der Waals surface area contributed by atoms with Gasteiger partial charge in [0.15, 0.2) is 0 Å². The van der Waals surface area contributed by atoms with Crippen LogP contribution in [0.1, 0.15) is 45.7 Å². The molecule has 1 N–H and O–H groups in total. The molecule has 4 aromatic rings. The van der Waals surface area contributed by atoms with Gasteiger partial charge < -0.3 is 5.32 Å². The number of imidazole rings is 1. The molecule has 1 amide bonds. The molecule has 1 aliphatic rings. The lowest BCUT2D eigenvalue weighted by atomic mass is 10.1. The van der Waals surface area contributed by atoms with Gasteiger partial charge in [-0.15, -0.1) is 5.10 Å². The summed E-state index contributed by atoms with van der Waals surface area (Å²) in [6.07, 6.45) is 4.89. The monoisotopic (exact) mass is 466 g/mol. The van der Waals surface area contributed by atoms with E-state index >= 15 is 0 Å². The topological polar surface area (TPSA) is 77.6 Å². The number of carbonyl (C=O) groups excluding carboxylic acids is 1. The summed E-state index contributed by atoms with van der Waals surface area (Å²) in [6.45, 7) is 2.33. The number of aromatic nitrogens is 5. The number of carbonyl (C=O) groups is 1. The fourth-order valence-electron chi connectivity index (χ4n) is 4.06. The molecule has 162 valence electrons. The van der Waals surface area contributed by atoms with Gasteiger partial charge in [0, 0.05) is 27.5 Å². The van der Waals surface area contributed by atoms with Gasteiger partial charge in [0.2, 0.25) is 5.82 Å². The maximum atomic E-state index is 13.0. The van der Waals surface area contributed by atoms with Crippen molar-refractivity contribution in [2.75, 3.05) is 0 Å². The minimum Gasteiger partial charge on any atom is -0.339 e. The van der Waals surface area contributed by atoms with E-state index in [1.807, 2.05) is 25.3 Å². The molecular weight excluding hydrogens is 447 g/mol. The standard InChI is InChI=1S/C23H20Cl2N6O/c1-14-11-26-22-19(10-9-15-5-2-3-8-20(15)31(14)22)28-23(32)21-27-13-30(29-21)12-16-17(24)6-4-7-18(16)25/h2-8,11,13,19H,9-10,12H2,1H3,(H,28,32). The third-order valence-electron chi connectivity index (χ3n) is 5.64. The third-order valence-corrected chi connectivity index (χ3v) is 6.35. The molecule has 7 nitrogen and oxygen atoms in total. The largest absolute Gasteiger partial charge is 0.339 e. The Morgan fingerprint density at radius 2 is 1.91 bits per heavy atom. The van der Waals surface area contributed by atoms with Crippen LogP contribution in [0.4, 0.5) is 0 Å². The van der Waals surface area contributed by atoms with Gasteiger partial charge in [0.25, 0.3) is 5.91 Å². The zero-order valence-electron chi connectivity index (χ0n) is 17.3. The molecule has 1 atom stereocenters. The predicted molar refractivity (Wildman–Crippen MR) is 122 cm³/mol. The molecule has 0 fully saturated rings. The molecule has 3 heterocycles. The molecule has 0 saturated heterocycles. The number of aryl methyl sites for hydroxylation is 2. The van der Waals surface area contributed by atoms with Gasteiger partial charge in [-0.3, -0.25) is 9.36 Å². The Kier molecular flexibility index (Phi) is 5.45. The van der Waals surface area contributed by atoms with Crippen molar-refractivity contribution in [2.24, 2.45) is 0 Å². The number of amides is 1. The Bertz CT molecular complexity index is 1290. The first-order chi connectivity index (χ1) is 15.5. The van der Waals surface area contributed by atoms with Crippen LogP contribution in [0.15, 0.2) is 55.0 Å². The number of rotatable bonds is 4. The molecule has 0 radical (unpaired) electrons. The van der Waals surface area contributed by atoms with Crippen molar-refractivity contribution in [3.05, 3.63) is 93.5 Å². The van der Waals surface area contributed by atoms with Crippen molar-refractivity contribution < 1.29 is 4.79 Å². The van der Waals surface area contributed by atoms with Crippen molar-refractivity contribution in [1.82, 2.24) is 29.6 Å². The van der Waals surface area contributed by atoms with E-state index < -0.39 is 0 Å². The van der Waals surface area contributed by atoms with Gasteiger partial charge in [0.05, 0.1) is 18.3 Å². The summed E-state index contributed by atoms with van der Waals surface area (Å²) in [4.78, 5) is 21.8. The second-order valence-electron chi connectivity index (χ2n) is 7.75. The molecule has 0 spiro atoms. The van der Waals surface area contributed by atoms with Crippen LogP contribution in [0.3, 0.4) is 0 Å². The van der Waals surface area contributed by atoms with Crippen molar-refractivity contribution >= 4 is 29.1 Å². The SMILES string of the molecule is Cc1cnc2n1-c1ccccc1CCC2NC(=O)c1ncn(Cc2c(Cl)cccc2Cl)n1. The van der Waals surface area contributed by atoms with E-state index in [1.54, 1.807) is 22.9 Å². The van der Waals surface area contributed by atoms with Gasteiger partial charge in [-0.05, 0) is 43.5 Å². The fourth-order valence-corrected chi connectivity index (χ4v) is 4.58. The number of nitrogens with one attached hydrogen (secondary N) is 1. The van der Waals surface area contributed by atoms with Gasteiger partial charge in [-0.1, -0.05) is 47.5 Å². The first-order valence-corrected chi connectivity index (χ1v) is 11.0. The molecule has 0 saturated carbocycles. The number of hydrogen-bond acceptors (Lipinski definition) is 4. The second kappa shape index (κ2) is 8.41. The number of nitrogens with zero attached hydrogens (tertiary/aromatic N) is 5. The third kappa shape index (κ3) is 3.78. The zero-order valence-corrected chi connectivity index (χ0v) is 18.8. The highest BCUT2D eigenvalue weighted by Gasteiger charge is 2.27. The van der Waals surface area contributed by atoms with Crippen LogP contribution >= 0.6 is 23.2 Å². The summed E-state index contributed by atoms with van der Waals surface area (Å²) in [5, 5.41) is 8.47. The average Bonchev–Trinajstić information content (AvgIpc) is 3.37. The quantitative estimate of drug-likeness (QED) is 0.478. The van der Waals surface area contributed by atoms with Crippen LogP contribution in [0.5, 0.6) is 0 Å². The highest BCUT2D eigenvalue weighted by Crippen LogP contribution is 2.30. The van der Waals surface area contributed by atoms with Gasteiger partial charge in [-0.25, -0.2) is 14.6 Å². The lowest BCUT2D eigenvalue weighted by Crippen LogP contribution is -2.31. The number of fused-ring (bicyclic) bond motifs is 3. The molecule has 2 aromatic heterocycles. The molecule has 1 unspecified atom stereocenters. The zero-order chi connectivity index (χ0) is 22.2. The van der Waals surface area contributed by atoms with E-state index in [9.17, 15) is 4.79 Å². The molecule has 0 bridgehead atoms. The summed E-state index contributed by atoms with van der Waals surface area (Å²) >= 11 is 12.5. The van der Waals surface area contributed by atoms with E-state index in [0.29, 0.717) is 16.6 Å². The number of hydrogen-bond donors (Lipinski definition) is 1. The Balaban J connectivity index is 1.37. The lowest BCUT2D eigenvalue weighted by Gasteiger charge is -2.16. The van der Waals surface area contributed by atoms with Crippen molar-refractivity contribution in [3.8, 4) is 5.69 Å². The average molecular weight is 467 g/mol. The molecule has 0 aliphatic carbocycles. The van der Waals surface area contributed by atoms with Gasteiger partial charge in [0.1, 0.15) is 12.2 Å². The van der Waals surface area contributed by atoms with Crippen LogP contribution in [-0.4, -0.2) is 30.2 Å². The fraction of sp³-hybridized carbons (Fsp3) is 0.217. The summed E-state index contributed by atoms with van der Waals surface area (Å²) in [5.41, 5.74) is 4.08. The van der Waals surface area contributed by atoms with Gasteiger partial charge >= 0.3 is 0 Å². The van der Waals surface area contributed by atoms with Crippen LogP contribution in [0.25, 0.3) is 5.69 Å². The van der Waals surface area contributed by atoms with Crippen molar-refractivity contribution in [1.29, 1.82) is 0 Å². The van der Waals surface area contributed by atoms with Crippen LogP contribution in [0, 0.1) is 6.92 Å². The van der Waals surface area contributed by atoms with E-state index in [4.69, 9.17) is 23.2 Å². The first kappa shape index (κ1) is 20.7. The molecule has 32 heavy (non-hydrogen) atoms. The number of halogens is 2. The lowest BCUT2D eigenvalue weighted by molar-refractivity contribution is 0.0922. The van der Waals surface area contributed by atoms with E-state index in [1.165, 1.54) is 11.9 Å². The van der Waals surface area contributed by atoms with Crippen LogP contribution < -0.4 is 5.32 Å². The summed E-state index contributed by atoms with van der Waals surface area (Å²) in [5.74, 6) is 0.546. The van der Waals surface area contributed by atoms with E-state index in [0.717, 1.165) is 35.6 Å². The van der Waals surface area contributed by atoms with E-state index in [2.05, 4.69) is 37.1 Å². The minimum absolute atomic E-state index is 0.0877. The van der Waals surface area contributed by atoms with E-state index in [-0.39, 0.29) is 17.8 Å². The predicted octanol–water partition coefficient (Wildman–Crippen LogP) is 4.54. The highest BCUT2D eigenvalue weighted by atomic mass is 35.5. The van der Waals surface area contributed by atoms with Crippen molar-refractivity contribution in [2.45, 2.75) is 32.4 Å². The molecule has 9 heteroatoms. The Morgan fingerprint density at radius 3 is 2.72 bits per heavy atom. The second-order valence-corrected chi connectivity index (χ2v) is 8.57. The Labute approximate surface area is 195 Å². The van der Waals surface area contributed by atoms with Crippen LogP contribution in [-0.2, 0) is 13.0 Å². The number of para-hydroxylation sites is 1. The normalized spacial score (nSPS) is 15.0. The maximum absolute atomic E-state index is 13.0. The minimum atomic E-state index is -0.350. The Hall–Kier alpha value is -3.16. The maximum Gasteiger partial charge on any atom is 0.291 e.